The van der Waals surface area contributed by atoms with Crippen LogP contribution in [0.2, 0.25) is 0 Å². The second-order valence-electron chi connectivity index (χ2n) is 2.95. The number of aliphatic carboxylic acids is 1. The van der Waals surface area contributed by atoms with Gasteiger partial charge in [0.25, 0.3) is 0 Å². The lowest BCUT2D eigenvalue weighted by atomic mass is 10.2. The molecule has 15 heavy (non-hydrogen) atoms. The Morgan fingerprint density at radius 2 is 2.27 bits per heavy atom. The van der Waals surface area contributed by atoms with Gasteiger partial charge in [-0.2, -0.15) is 0 Å². The minimum Gasteiger partial charge on any atom is -0.480 e. The van der Waals surface area contributed by atoms with Crippen LogP contribution in [0.5, 0.6) is 0 Å². The first-order valence-electron chi connectivity index (χ1n) is 4.34. The molecule has 0 fully saturated rings. The van der Waals surface area contributed by atoms with Gasteiger partial charge in [-0.25, -0.2) is 9.48 Å². The molecule has 1 atom stereocenters. The lowest BCUT2D eigenvalue weighted by molar-refractivity contribution is -0.141. The van der Waals surface area contributed by atoms with Gasteiger partial charge in [0, 0.05) is 0 Å². The lowest BCUT2D eigenvalue weighted by Gasteiger charge is -2.10. The molecule has 0 aliphatic carbocycles. The van der Waals surface area contributed by atoms with Crippen molar-refractivity contribution in [1.82, 2.24) is 20.2 Å². The number of aromatic nitrogens is 4. The summed E-state index contributed by atoms with van der Waals surface area (Å²) in [6, 6.07) is -0.866. The van der Waals surface area contributed by atoms with E-state index in [1.54, 1.807) is 6.92 Å². The molecule has 8 heteroatoms. The van der Waals surface area contributed by atoms with Crippen LogP contribution in [0.3, 0.4) is 0 Å². The van der Waals surface area contributed by atoms with E-state index in [0.29, 0.717) is 6.42 Å². The number of nitrogens with zero attached hydrogens (tertiary/aromatic N) is 4. The molecular formula is C7H11N5O3. The molecular weight excluding hydrogens is 202 g/mol. The van der Waals surface area contributed by atoms with E-state index >= 15 is 0 Å². The van der Waals surface area contributed by atoms with Crippen molar-refractivity contribution in [3.63, 3.8) is 0 Å². The van der Waals surface area contributed by atoms with Crippen molar-refractivity contribution in [2.24, 2.45) is 5.73 Å². The first-order valence-corrected chi connectivity index (χ1v) is 4.34. The fourth-order valence-electron chi connectivity index (χ4n) is 1.18. The van der Waals surface area contributed by atoms with Gasteiger partial charge >= 0.3 is 5.97 Å². The highest BCUT2D eigenvalue weighted by Crippen LogP contribution is 2.11. The number of hydrogen-bond donors (Lipinski definition) is 2. The molecule has 82 valence electrons. The van der Waals surface area contributed by atoms with Crippen LogP contribution >= 0.6 is 0 Å². The fraction of sp³-hybridized carbons (Fsp3) is 0.571. The average molecular weight is 213 g/mol. The van der Waals surface area contributed by atoms with E-state index in [4.69, 9.17) is 10.8 Å². The van der Waals surface area contributed by atoms with Crippen LogP contribution in [0, 0.1) is 0 Å². The topological polar surface area (TPSA) is 124 Å². The maximum atomic E-state index is 10.8. The van der Waals surface area contributed by atoms with E-state index in [1.807, 2.05) is 0 Å². The van der Waals surface area contributed by atoms with Gasteiger partial charge in [0.2, 0.25) is 5.91 Å². The number of tetrazole rings is 1. The summed E-state index contributed by atoms with van der Waals surface area (Å²) in [6.07, 6.45) is 0.156. The zero-order valence-electron chi connectivity index (χ0n) is 8.12. The number of carbonyl (C=O) groups is 2. The molecule has 8 nitrogen and oxygen atoms in total. The van der Waals surface area contributed by atoms with Gasteiger partial charge in [-0.15, -0.1) is 5.10 Å². The minimum atomic E-state index is -1.05. The van der Waals surface area contributed by atoms with Crippen molar-refractivity contribution in [3.8, 4) is 0 Å². The predicted molar refractivity (Wildman–Crippen MR) is 47.7 cm³/mol. The number of primary amides is 1. The van der Waals surface area contributed by atoms with Crippen molar-refractivity contribution < 1.29 is 14.7 Å². The molecule has 0 saturated carbocycles. The van der Waals surface area contributed by atoms with Gasteiger partial charge in [-0.3, -0.25) is 4.79 Å². The Hall–Kier alpha value is -1.99. The predicted octanol–water partition coefficient (Wildman–Crippen LogP) is -1.26. The molecule has 0 aromatic carbocycles. The highest BCUT2D eigenvalue weighted by molar-refractivity contribution is 5.76. The van der Waals surface area contributed by atoms with E-state index in [0.717, 1.165) is 4.68 Å². The van der Waals surface area contributed by atoms with Gasteiger partial charge in [-0.1, -0.05) is 6.92 Å². The summed E-state index contributed by atoms with van der Waals surface area (Å²) in [5.41, 5.74) is 4.98. The maximum Gasteiger partial charge on any atom is 0.328 e. The van der Waals surface area contributed by atoms with Crippen molar-refractivity contribution in [1.29, 1.82) is 0 Å². The lowest BCUT2D eigenvalue weighted by Crippen LogP contribution is -2.24. The van der Waals surface area contributed by atoms with Crippen LogP contribution in [0.1, 0.15) is 25.2 Å². The first-order chi connectivity index (χ1) is 7.06. The number of amides is 1. The molecule has 0 saturated heterocycles. The fourth-order valence-corrected chi connectivity index (χ4v) is 1.18. The van der Waals surface area contributed by atoms with Crippen LogP contribution in [-0.2, 0) is 16.0 Å². The van der Waals surface area contributed by atoms with Crippen LogP contribution < -0.4 is 5.73 Å². The zero-order chi connectivity index (χ0) is 11.4. The largest absolute Gasteiger partial charge is 0.480 e. The number of carboxylic acid groups (broad SMARTS) is 1. The molecule has 0 aliphatic heterocycles. The van der Waals surface area contributed by atoms with Crippen LogP contribution in [0.15, 0.2) is 0 Å². The summed E-state index contributed by atoms with van der Waals surface area (Å²) in [7, 11) is 0. The summed E-state index contributed by atoms with van der Waals surface area (Å²) >= 11 is 0. The number of hydrogen-bond acceptors (Lipinski definition) is 5. The van der Waals surface area contributed by atoms with Crippen LogP contribution in [-0.4, -0.2) is 37.2 Å². The van der Waals surface area contributed by atoms with E-state index < -0.39 is 17.9 Å². The second kappa shape index (κ2) is 4.49. The Morgan fingerprint density at radius 1 is 1.60 bits per heavy atom. The Morgan fingerprint density at radius 3 is 2.73 bits per heavy atom. The monoisotopic (exact) mass is 213 g/mol. The number of rotatable bonds is 5. The highest BCUT2D eigenvalue weighted by atomic mass is 16.4. The summed E-state index contributed by atoms with van der Waals surface area (Å²) in [5, 5.41) is 19.3. The van der Waals surface area contributed by atoms with Crippen molar-refractivity contribution in [2.75, 3.05) is 0 Å². The quantitative estimate of drug-likeness (QED) is 0.628. The average Bonchev–Trinajstić information content (AvgIpc) is 2.53. The van der Waals surface area contributed by atoms with E-state index in [-0.39, 0.29) is 12.2 Å². The highest BCUT2D eigenvalue weighted by Gasteiger charge is 2.22. The SMILES string of the molecule is CCC(C(=O)O)n1nnnc1CC(N)=O. The van der Waals surface area contributed by atoms with Gasteiger partial charge in [0.05, 0.1) is 6.42 Å². The molecule has 1 aromatic heterocycles. The second-order valence-corrected chi connectivity index (χ2v) is 2.95. The van der Waals surface area contributed by atoms with Gasteiger partial charge in [0.1, 0.15) is 0 Å². The minimum absolute atomic E-state index is 0.164. The Labute approximate surface area is 85.1 Å². The third-order valence-electron chi connectivity index (χ3n) is 1.86. The molecule has 1 heterocycles. The van der Waals surface area contributed by atoms with E-state index in [2.05, 4.69) is 15.5 Å². The molecule has 1 unspecified atom stereocenters. The Balaban J connectivity index is 2.97. The molecule has 0 aliphatic rings. The van der Waals surface area contributed by atoms with Gasteiger partial charge in [-0.05, 0) is 16.8 Å². The van der Waals surface area contributed by atoms with Crippen LogP contribution in [0.25, 0.3) is 0 Å². The van der Waals surface area contributed by atoms with Crippen molar-refractivity contribution >= 4 is 11.9 Å². The standard InChI is InChI=1S/C7H11N5O3/c1-2-4(7(14)15)12-6(3-5(8)13)9-10-11-12/h4H,2-3H2,1H3,(H2,8,13)(H,14,15). The molecule has 0 radical (unpaired) electrons. The van der Waals surface area contributed by atoms with Gasteiger partial charge < -0.3 is 10.8 Å². The van der Waals surface area contributed by atoms with Crippen molar-refractivity contribution in [2.45, 2.75) is 25.8 Å². The summed E-state index contributed by atoms with van der Waals surface area (Å²) in [5.74, 6) is -1.49. The molecule has 1 amide bonds. The molecule has 0 spiro atoms. The molecule has 3 N–H and O–H groups in total. The zero-order valence-corrected chi connectivity index (χ0v) is 8.12. The smallest absolute Gasteiger partial charge is 0.328 e. The third-order valence-corrected chi connectivity index (χ3v) is 1.86. The third kappa shape index (κ3) is 2.48. The number of carboxylic acids is 1. The van der Waals surface area contributed by atoms with E-state index in [9.17, 15) is 9.59 Å². The molecule has 1 aromatic rings. The Bertz CT molecular complexity index is 374. The molecule has 1 rings (SSSR count). The number of carbonyl (C=O) groups excluding carboxylic acids is 1. The summed E-state index contributed by atoms with van der Waals surface area (Å²) < 4.78 is 1.10. The number of nitrogens with two attached hydrogens (primary N) is 1. The molecule has 0 bridgehead atoms. The van der Waals surface area contributed by atoms with Gasteiger partial charge in [0.15, 0.2) is 11.9 Å². The van der Waals surface area contributed by atoms with E-state index in [1.165, 1.54) is 0 Å². The normalized spacial score (nSPS) is 12.3. The first kappa shape index (κ1) is 11.1. The van der Waals surface area contributed by atoms with Crippen LogP contribution in [0.4, 0.5) is 0 Å². The Kier molecular flexibility index (Phi) is 3.32. The summed E-state index contributed by atoms with van der Waals surface area (Å²) in [4.78, 5) is 21.5. The van der Waals surface area contributed by atoms with Crippen molar-refractivity contribution in [3.05, 3.63) is 5.82 Å². The maximum absolute atomic E-state index is 10.8. The summed E-state index contributed by atoms with van der Waals surface area (Å²) in [6.45, 7) is 1.69.